The molecule has 0 aliphatic heterocycles. The Hall–Kier alpha value is -1.02. The molecule has 0 saturated carbocycles. The average molecular weight is 221 g/mol. The van der Waals surface area contributed by atoms with Crippen LogP contribution in [0.3, 0.4) is 0 Å². The highest BCUT2D eigenvalue weighted by Gasteiger charge is 2.04. The molecule has 1 N–H and O–H groups in total. The Balaban J connectivity index is 2.28. The van der Waals surface area contributed by atoms with Crippen molar-refractivity contribution in [1.29, 1.82) is 0 Å². The van der Waals surface area contributed by atoms with E-state index in [1.165, 1.54) is 18.4 Å². The van der Waals surface area contributed by atoms with Gasteiger partial charge in [0.15, 0.2) is 0 Å². The van der Waals surface area contributed by atoms with Crippen molar-refractivity contribution in [2.45, 2.75) is 26.2 Å². The summed E-state index contributed by atoms with van der Waals surface area (Å²) in [6.45, 7) is 3.45. The van der Waals surface area contributed by atoms with E-state index in [0.717, 1.165) is 18.9 Å². The maximum absolute atomic E-state index is 9.35. The summed E-state index contributed by atoms with van der Waals surface area (Å²) in [6.07, 6.45) is 3.49. The van der Waals surface area contributed by atoms with E-state index in [0.29, 0.717) is 5.75 Å². The second-order valence-electron chi connectivity index (χ2n) is 4.91. The van der Waals surface area contributed by atoms with Gasteiger partial charge in [-0.2, -0.15) is 0 Å². The van der Waals surface area contributed by atoms with Crippen molar-refractivity contribution in [3.05, 3.63) is 29.8 Å². The largest absolute Gasteiger partial charge is 0.508 e. The van der Waals surface area contributed by atoms with Crippen LogP contribution in [0.5, 0.6) is 5.75 Å². The fraction of sp³-hybridized carbons (Fsp3) is 0.571. The van der Waals surface area contributed by atoms with Crippen molar-refractivity contribution in [3.8, 4) is 5.75 Å². The third kappa shape index (κ3) is 5.17. The highest BCUT2D eigenvalue weighted by molar-refractivity contribution is 5.27. The highest BCUT2D eigenvalue weighted by atomic mass is 16.3. The van der Waals surface area contributed by atoms with Crippen molar-refractivity contribution >= 4 is 0 Å². The van der Waals surface area contributed by atoms with E-state index in [2.05, 4.69) is 32.0 Å². The van der Waals surface area contributed by atoms with Crippen molar-refractivity contribution in [3.63, 3.8) is 0 Å². The molecule has 2 nitrogen and oxygen atoms in total. The number of phenolic OH excluding ortho intramolecular Hbond substituents is 1. The topological polar surface area (TPSA) is 23.5 Å². The quantitative estimate of drug-likeness (QED) is 0.798. The minimum atomic E-state index is 0.374. The molecule has 16 heavy (non-hydrogen) atoms. The standard InChI is InChI=1S/C14H23NO/c1-12(9-10-15(2)3)7-8-13-5-4-6-14(16)11-13/h4-6,11-12,16H,7-10H2,1-3H3. The van der Waals surface area contributed by atoms with Crippen molar-refractivity contribution in [2.75, 3.05) is 20.6 Å². The zero-order chi connectivity index (χ0) is 12.0. The van der Waals surface area contributed by atoms with E-state index in [9.17, 15) is 5.11 Å². The molecule has 0 bridgehead atoms. The number of rotatable bonds is 6. The number of hydrogen-bond donors (Lipinski definition) is 1. The van der Waals surface area contributed by atoms with E-state index in [4.69, 9.17) is 0 Å². The monoisotopic (exact) mass is 221 g/mol. The fourth-order valence-electron chi connectivity index (χ4n) is 1.75. The van der Waals surface area contributed by atoms with Crippen LogP contribution in [0.4, 0.5) is 0 Å². The number of aromatic hydroxyl groups is 1. The molecule has 1 unspecified atom stereocenters. The van der Waals surface area contributed by atoms with Gasteiger partial charge < -0.3 is 10.0 Å². The molecule has 1 atom stereocenters. The Kier molecular flexibility index (Phi) is 5.33. The molecule has 0 heterocycles. The predicted octanol–water partition coefficient (Wildman–Crippen LogP) is 2.91. The van der Waals surface area contributed by atoms with Gasteiger partial charge in [-0.25, -0.2) is 0 Å². The van der Waals surface area contributed by atoms with Crippen LogP contribution in [0.15, 0.2) is 24.3 Å². The summed E-state index contributed by atoms with van der Waals surface area (Å²) in [5.74, 6) is 1.11. The van der Waals surface area contributed by atoms with Gasteiger partial charge in [0.05, 0.1) is 0 Å². The SMILES string of the molecule is CC(CCc1cccc(O)c1)CCN(C)C. The first-order valence-corrected chi connectivity index (χ1v) is 6.00. The van der Waals surface area contributed by atoms with Gasteiger partial charge >= 0.3 is 0 Å². The summed E-state index contributed by atoms with van der Waals surface area (Å²) in [5.41, 5.74) is 1.23. The van der Waals surface area contributed by atoms with Gasteiger partial charge in [0.1, 0.15) is 5.75 Å². The minimum absolute atomic E-state index is 0.374. The van der Waals surface area contributed by atoms with E-state index in [1.807, 2.05) is 12.1 Å². The maximum Gasteiger partial charge on any atom is 0.115 e. The van der Waals surface area contributed by atoms with E-state index in [-0.39, 0.29) is 0 Å². The van der Waals surface area contributed by atoms with E-state index >= 15 is 0 Å². The lowest BCUT2D eigenvalue weighted by Crippen LogP contribution is -2.15. The van der Waals surface area contributed by atoms with Crippen LogP contribution in [0.1, 0.15) is 25.3 Å². The lowest BCUT2D eigenvalue weighted by Gasteiger charge is -2.15. The lowest BCUT2D eigenvalue weighted by molar-refractivity contribution is 0.351. The first kappa shape index (κ1) is 13.0. The van der Waals surface area contributed by atoms with Gasteiger partial charge in [0.25, 0.3) is 0 Å². The second kappa shape index (κ2) is 6.54. The smallest absolute Gasteiger partial charge is 0.115 e. The van der Waals surface area contributed by atoms with Crippen LogP contribution >= 0.6 is 0 Å². The summed E-state index contributed by atoms with van der Waals surface area (Å²) in [5, 5.41) is 9.35. The lowest BCUT2D eigenvalue weighted by atomic mass is 9.98. The molecule has 2 heteroatoms. The van der Waals surface area contributed by atoms with Crippen LogP contribution in [0, 0.1) is 5.92 Å². The molecule has 0 aromatic heterocycles. The van der Waals surface area contributed by atoms with Crippen LogP contribution in [0.2, 0.25) is 0 Å². The maximum atomic E-state index is 9.35. The number of hydrogen-bond acceptors (Lipinski definition) is 2. The van der Waals surface area contributed by atoms with Crippen LogP contribution in [-0.2, 0) is 6.42 Å². The zero-order valence-corrected chi connectivity index (χ0v) is 10.6. The van der Waals surface area contributed by atoms with Gasteiger partial charge in [-0.05, 0) is 63.5 Å². The minimum Gasteiger partial charge on any atom is -0.508 e. The van der Waals surface area contributed by atoms with Gasteiger partial charge in [-0.15, -0.1) is 0 Å². The van der Waals surface area contributed by atoms with Crippen molar-refractivity contribution < 1.29 is 5.11 Å². The molecule has 0 saturated heterocycles. The molecule has 0 radical (unpaired) electrons. The third-order valence-electron chi connectivity index (χ3n) is 2.91. The summed E-state index contributed by atoms with van der Waals surface area (Å²) >= 11 is 0. The molecule has 0 amide bonds. The van der Waals surface area contributed by atoms with Crippen LogP contribution < -0.4 is 0 Å². The highest BCUT2D eigenvalue weighted by Crippen LogP contribution is 2.16. The zero-order valence-electron chi connectivity index (χ0n) is 10.6. The van der Waals surface area contributed by atoms with Crippen molar-refractivity contribution in [1.82, 2.24) is 4.90 Å². The van der Waals surface area contributed by atoms with Gasteiger partial charge in [0.2, 0.25) is 0 Å². The molecule has 1 rings (SSSR count). The van der Waals surface area contributed by atoms with Crippen molar-refractivity contribution in [2.24, 2.45) is 5.92 Å². The summed E-state index contributed by atoms with van der Waals surface area (Å²) in [4.78, 5) is 2.23. The summed E-state index contributed by atoms with van der Waals surface area (Å²) < 4.78 is 0. The normalized spacial score (nSPS) is 13.0. The molecule has 0 spiro atoms. The van der Waals surface area contributed by atoms with Gasteiger partial charge in [-0.3, -0.25) is 0 Å². The average Bonchev–Trinajstić information content (AvgIpc) is 2.23. The molecule has 1 aromatic carbocycles. The Morgan fingerprint density at radius 1 is 1.25 bits per heavy atom. The number of phenols is 1. The number of benzene rings is 1. The Morgan fingerprint density at radius 3 is 2.62 bits per heavy atom. The molecular weight excluding hydrogens is 198 g/mol. The predicted molar refractivity (Wildman–Crippen MR) is 68.8 cm³/mol. The molecule has 0 aliphatic carbocycles. The fourth-order valence-corrected chi connectivity index (χ4v) is 1.75. The van der Waals surface area contributed by atoms with Crippen LogP contribution in [-0.4, -0.2) is 30.6 Å². The van der Waals surface area contributed by atoms with Gasteiger partial charge in [-0.1, -0.05) is 19.1 Å². The third-order valence-corrected chi connectivity index (χ3v) is 2.91. The van der Waals surface area contributed by atoms with E-state index < -0.39 is 0 Å². The number of aryl methyl sites for hydroxylation is 1. The van der Waals surface area contributed by atoms with E-state index in [1.54, 1.807) is 6.07 Å². The Morgan fingerprint density at radius 2 is 2.00 bits per heavy atom. The second-order valence-corrected chi connectivity index (χ2v) is 4.91. The molecule has 0 aliphatic rings. The first-order valence-electron chi connectivity index (χ1n) is 6.00. The summed E-state index contributed by atoms with van der Waals surface area (Å²) in [7, 11) is 4.23. The Labute approximate surface area is 98.9 Å². The Bertz CT molecular complexity index is 309. The summed E-state index contributed by atoms with van der Waals surface area (Å²) in [6, 6.07) is 7.57. The molecule has 0 fully saturated rings. The molecular formula is C14H23NO. The van der Waals surface area contributed by atoms with Gasteiger partial charge in [0, 0.05) is 0 Å². The number of nitrogens with zero attached hydrogens (tertiary/aromatic N) is 1. The molecule has 90 valence electrons. The van der Waals surface area contributed by atoms with Crippen LogP contribution in [0.25, 0.3) is 0 Å². The molecule has 1 aromatic rings. The first-order chi connectivity index (χ1) is 7.58.